The van der Waals surface area contributed by atoms with E-state index in [2.05, 4.69) is 10.1 Å². The predicted molar refractivity (Wildman–Crippen MR) is 109 cm³/mol. The third kappa shape index (κ3) is 3.45. The maximum absolute atomic E-state index is 13.4. The van der Waals surface area contributed by atoms with Crippen LogP contribution in [0, 0.1) is 11.7 Å². The highest BCUT2D eigenvalue weighted by molar-refractivity contribution is 6.14. The summed E-state index contributed by atoms with van der Waals surface area (Å²) in [5, 5.41) is 5.10. The Kier molecular flexibility index (Phi) is 5.15. The number of benzene rings is 1. The Morgan fingerprint density at radius 3 is 2.77 bits per heavy atom. The lowest BCUT2D eigenvalue weighted by molar-refractivity contribution is -0.139. The summed E-state index contributed by atoms with van der Waals surface area (Å²) in [5.41, 5.74) is 2.16. The highest BCUT2D eigenvalue weighted by Gasteiger charge is 2.43. The van der Waals surface area contributed by atoms with Gasteiger partial charge in [0.05, 0.1) is 11.6 Å². The third-order valence-electron chi connectivity index (χ3n) is 6.79. The lowest BCUT2D eigenvalue weighted by Gasteiger charge is -2.31. The fraction of sp³-hybridized carbons (Fsp3) is 0.522. The quantitative estimate of drug-likeness (QED) is 0.703. The monoisotopic (exact) mass is 411 g/mol. The van der Waals surface area contributed by atoms with E-state index in [9.17, 15) is 14.0 Å². The topological polar surface area (TPSA) is 66.7 Å². The van der Waals surface area contributed by atoms with Crippen molar-refractivity contribution in [3.8, 4) is 0 Å². The molecule has 0 bridgehead atoms. The van der Waals surface area contributed by atoms with Crippen LogP contribution >= 0.6 is 0 Å². The number of piperidine rings is 1. The van der Waals surface area contributed by atoms with E-state index in [-0.39, 0.29) is 23.5 Å². The number of allylic oxidation sites excluding steroid dienone is 1. The SMILES string of the molecule is O=C1C2=CCCCC2C(=O)N1CCCN1CCC(c2noc3cc(F)ccc23)CC1. The number of carbonyl (C=O) groups is 2. The molecule has 1 aliphatic carbocycles. The van der Waals surface area contributed by atoms with Crippen LogP contribution in [0.15, 0.2) is 34.4 Å². The highest BCUT2D eigenvalue weighted by atomic mass is 19.1. The summed E-state index contributed by atoms with van der Waals surface area (Å²) in [6, 6.07) is 4.58. The molecule has 0 radical (unpaired) electrons. The molecule has 2 aromatic rings. The van der Waals surface area contributed by atoms with Gasteiger partial charge < -0.3 is 9.42 Å². The number of halogens is 1. The van der Waals surface area contributed by atoms with Crippen molar-refractivity contribution >= 4 is 22.8 Å². The molecule has 0 spiro atoms. The molecule has 0 N–H and O–H groups in total. The number of likely N-dealkylation sites (tertiary alicyclic amines) is 2. The summed E-state index contributed by atoms with van der Waals surface area (Å²) in [6.45, 7) is 3.26. The number of hydrogen-bond donors (Lipinski definition) is 0. The van der Waals surface area contributed by atoms with Crippen LogP contribution in [0.5, 0.6) is 0 Å². The van der Waals surface area contributed by atoms with Crippen LogP contribution in [-0.4, -0.2) is 52.9 Å². The second-order valence-electron chi connectivity index (χ2n) is 8.62. The molecule has 1 unspecified atom stereocenters. The minimum absolute atomic E-state index is 0.000921. The number of imide groups is 1. The Hall–Kier alpha value is -2.54. The molecule has 3 heterocycles. The normalized spacial score (nSPS) is 23.3. The van der Waals surface area contributed by atoms with Crippen molar-refractivity contribution < 1.29 is 18.5 Å². The van der Waals surface area contributed by atoms with E-state index < -0.39 is 0 Å². The molecule has 5 rings (SSSR count). The van der Waals surface area contributed by atoms with E-state index in [4.69, 9.17) is 4.52 Å². The van der Waals surface area contributed by atoms with Gasteiger partial charge in [-0.15, -0.1) is 0 Å². The molecule has 2 amide bonds. The first kappa shape index (κ1) is 19.4. The largest absolute Gasteiger partial charge is 0.356 e. The summed E-state index contributed by atoms with van der Waals surface area (Å²) in [7, 11) is 0. The van der Waals surface area contributed by atoms with Crippen LogP contribution in [0.4, 0.5) is 4.39 Å². The van der Waals surface area contributed by atoms with E-state index >= 15 is 0 Å². The molecule has 3 aliphatic rings. The Bertz CT molecular complexity index is 1010. The van der Waals surface area contributed by atoms with Gasteiger partial charge in [-0.2, -0.15) is 0 Å². The molecule has 2 saturated heterocycles. The van der Waals surface area contributed by atoms with Gasteiger partial charge in [-0.1, -0.05) is 11.2 Å². The van der Waals surface area contributed by atoms with Crippen molar-refractivity contribution in [3.05, 3.63) is 41.4 Å². The Balaban J connectivity index is 1.13. The Morgan fingerprint density at radius 1 is 1.13 bits per heavy atom. The van der Waals surface area contributed by atoms with Crippen molar-refractivity contribution in [1.82, 2.24) is 15.0 Å². The lowest BCUT2D eigenvalue weighted by atomic mass is 9.90. The minimum atomic E-state index is -0.314. The smallest absolute Gasteiger partial charge is 0.256 e. The van der Waals surface area contributed by atoms with Gasteiger partial charge in [0.15, 0.2) is 5.58 Å². The molecule has 2 fully saturated rings. The standard InChI is InChI=1S/C23H26FN3O3/c24-16-6-7-19-20(14-16)30-25-21(19)15-8-12-26(13-9-15)10-3-11-27-22(28)17-4-1-2-5-18(17)23(27)29/h4,6-7,14-15,18H,1-3,5,8-13H2. The van der Waals surface area contributed by atoms with Crippen molar-refractivity contribution in [2.75, 3.05) is 26.2 Å². The van der Waals surface area contributed by atoms with E-state index in [0.717, 1.165) is 74.8 Å². The molecule has 1 atom stereocenters. The highest BCUT2D eigenvalue weighted by Crippen LogP contribution is 2.35. The van der Waals surface area contributed by atoms with Crippen molar-refractivity contribution in [1.29, 1.82) is 0 Å². The van der Waals surface area contributed by atoms with Gasteiger partial charge >= 0.3 is 0 Å². The van der Waals surface area contributed by atoms with Crippen molar-refractivity contribution in [2.45, 2.75) is 44.4 Å². The molecule has 0 saturated carbocycles. The van der Waals surface area contributed by atoms with Gasteiger partial charge in [-0.25, -0.2) is 4.39 Å². The number of amides is 2. The van der Waals surface area contributed by atoms with Gasteiger partial charge in [-0.3, -0.25) is 14.5 Å². The molecule has 30 heavy (non-hydrogen) atoms. The number of aromatic nitrogens is 1. The predicted octanol–water partition coefficient (Wildman–Crippen LogP) is 3.63. The summed E-state index contributed by atoms with van der Waals surface area (Å²) in [6.07, 6.45) is 7.40. The summed E-state index contributed by atoms with van der Waals surface area (Å²) in [5.74, 6) is -0.264. The average Bonchev–Trinajstić information content (AvgIpc) is 3.29. The van der Waals surface area contributed by atoms with E-state index in [0.29, 0.717) is 18.0 Å². The molecular formula is C23H26FN3O3. The van der Waals surface area contributed by atoms with Gasteiger partial charge in [-0.05, 0) is 70.3 Å². The molecule has 158 valence electrons. The fourth-order valence-electron chi connectivity index (χ4n) is 5.13. The number of nitrogens with zero attached hydrogens (tertiary/aromatic N) is 3. The molecule has 7 heteroatoms. The molecular weight excluding hydrogens is 385 g/mol. The fourth-order valence-corrected chi connectivity index (χ4v) is 5.13. The van der Waals surface area contributed by atoms with Crippen LogP contribution in [-0.2, 0) is 9.59 Å². The summed E-state index contributed by atoms with van der Waals surface area (Å²) >= 11 is 0. The maximum Gasteiger partial charge on any atom is 0.256 e. The number of fused-ring (bicyclic) bond motifs is 2. The van der Waals surface area contributed by atoms with Crippen LogP contribution in [0.25, 0.3) is 11.0 Å². The third-order valence-corrected chi connectivity index (χ3v) is 6.79. The second-order valence-corrected chi connectivity index (χ2v) is 8.62. The van der Waals surface area contributed by atoms with Gasteiger partial charge in [0.25, 0.3) is 5.91 Å². The van der Waals surface area contributed by atoms with E-state index in [1.165, 1.54) is 17.0 Å². The van der Waals surface area contributed by atoms with E-state index in [1.54, 1.807) is 6.07 Å². The summed E-state index contributed by atoms with van der Waals surface area (Å²) in [4.78, 5) is 28.9. The number of hydrogen-bond acceptors (Lipinski definition) is 5. The average molecular weight is 411 g/mol. The van der Waals surface area contributed by atoms with Gasteiger partial charge in [0.1, 0.15) is 5.82 Å². The summed E-state index contributed by atoms with van der Waals surface area (Å²) < 4.78 is 18.7. The number of rotatable bonds is 5. The first-order chi connectivity index (χ1) is 14.6. The van der Waals surface area contributed by atoms with E-state index in [1.807, 2.05) is 6.08 Å². The van der Waals surface area contributed by atoms with Crippen LogP contribution in [0.2, 0.25) is 0 Å². The van der Waals surface area contributed by atoms with Crippen LogP contribution in [0.1, 0.15) is 50.1 Å². The molecule has 2 aliphatic heterocycles. The first-order valence-electron chi connectivity index (χ1n) is 10.9. The molecule has 1 aromatic carbocycles. The maximum atomic E-state index is 13.4. The van der Waals surface area contributed by atoms with Crippen LogP contribution < -0.4 is 0 Å². The molecule has 6 nitrogen and oxygen atoms in total. The number of carbonyl (C=O) groups excluding carboxylic acids is 2. The van der Waals surface area contributed by atoms with Gasteiger partial charge in [0, 0.05) is 29.5 Å². The van der Waals surface area contributed by atoms with Crippen molar-refractivity contribution in [2.24, 2.45) is 5.92 Å². The zero-order valence-electron chi connectivity index (χ0n) is 17.0. The minimum Gasteiger partial charge on any atom is -0.356 e. The van der Waals surface area contributed by atoms with Gasteiger partial charge in [0.2, 0.25) is 5.91 Å². The zero-order valence-corrected chi connectivity index (χ0v) is 17.0. The zero-order chi connectivity index (χ0) is 20.7. The Morgan fingerprint density at radius 2 is 1.97 bits per heavy atom. The second kappa shape index (κ2) is 7.95. The molecule has 1 aromatic heterocycles. The Labute approximate surface area is 174 Å². The first-order valence-corrected chi connectivity index (χ1v) is 10.9. The lowest BCUT2D eigenvalue weighted by Crippen LogP contribution is -2.37. The van der Waals surface area contributed by atoms with Crippen molar-refractivity contribution in [3.63, 3.8) is 0 Å². The van der Waals surface area contributed by atoms with Crippen LogP contribution in [0.3, 0.4) is 0 Å².